The summed E-state index contributed by atoms with van der Waals surface area (Å²) >= 11 is 0. The maximum atomic E-state index is 12.8. The fraction of sp³-hybridized carbons (Fsp3) is 0.562. The molecular formula is C16H18F3NO2. The zero-order valence-electron chi connectivity index (χ0n) is 12.4. The van der Waals surface area contributed by atoms with Gasteiger partial charge in [-0.05, 0) is 47.4 Å². The SMILES string of the molecule is CC1[C@H]2Cc3ccc(O)cc3[C@]1(C)CCN2C(=O)C(F)(F)F. The molecular weight excluding hydrogens is 295 g/mol. The van der Waals surface area contributed by atoms with Gasteiger partial charge < -0.3 is 10.0 Å². The Morgan fingerprint density at radius 1 is 1.41 bits per heavy atom. The van der Waals surface area contributed by atoms with E-state index in [-0.39, 0.29) is 23.6 Å². The van der Waals surface area contributed by atoms with Gasteiger partial charge in [-0.25, -0.2) is 0 Å². The zero-order chi connectivity index (χ0) is 16.3. The third kappa shape index (κ3) is 2.08. The predicted molar refractivity (Wildman–Crippen MR) is 74.5 cm³/mol. The zero-order valence-corrected chi connectivity index (χ0v) is 12.4. The molecule has 1 unspecified atom stereocenters. The summed E-state index contributed by atoms with van der Waals surface area (Å²) in [5.41, 5.74) is 1.60. The maximum absolute atomic E-state index is 12.8. The molecule has 120 valence electrons. The molecule has 1 heterocycles. The lowest BCUT2D eigenvalue weighted by molar-refractivity contribution is -0.192. The Kier molecular flexibility index (Phi) is 3.20. The van der Waals surface area contributed by atoms with Crippen molar-refractivity contribution in [2.24, 2.45) is 5.92 Å². The second kappa shape index (κ2) is 4.64. The van der Waals surface area contributed by atoms with E-state index in [1.54, 1.807) is 18.2 Å². The first-order valence-electron chi connectivity index (χ1n) is 7.35. The van der Waals surface area contributed by atoms with Crippen molar-refractivity contribution in [1.82, 2.24) is 4.90 Å². The number of piperidine rings is 1. The van der Waals surface area contributed by atoms with Gasteiger partial charge in [0.1, 0.15) is 5.75 Å². The Hall–Kier alpha value is -1.72. The molecule has 1 aromatic rings. The van der Waals surface area contributed by atoms with Crippen molar-refractivity contribution in [1.29, 1.82) is 0 Å². The number of fused-ring (bicyclic) bond motifs is 4. The van der Waals surface area contributed by atoms with Crippen molar-refractivity contribution in [3.8, 4) is 5.75 Å². The van der Waals surface area contributed by atoms with Gasteiger partial charge in [0.25, 0.3) is 0 Å². The van der Waals surface area contributed by atoms with Crippen LogP contribution in [0.1, 0.15) is 31.4 Å². The number of rotatable bonds is 0. The maximum Gasteiger partial charge on any atom is 0.471 e. The van der Waals surface area contributed by atoms with E-state index in [9.17, 15) is 23.1 Å². The fourth-order valence-corrected chi connectivity index (χ4v) is 4.02. The average molecular weight is 313 g/mol. The molecule has 22 heavy (non-hydrogen) atoms. The summed E-state index contributed by atoms with van der Waals surface area (Å²) in [5.74, 6) is -1.67. The van der Waals surface area contributed by atoms with E-state index in [2.05, 4.69) is 0 Å². The summed E-state index contributed by atoms with van der Waals surface area (Å²) < 4.78 is 38.4. The van der Waals surface area contributed by atoms with Crippen LogP contribution in [0.4, 0.5) is 13.2 Å². The number of phenolic OH excluding ortho intramolecular Hbond substituents is 1. The van der Waals surface area contributed by atoms with Crippen LogP contribution in [0.25, 0.3) is 0 Å². The van der Waals surface area contributed by atoms with Crippen LogP contribution in [-0.4, -0.2) is 34.7 Å². The number of halogens is 3. The number of benzene rings is 1. The molecule has 1 aliphatic carbocycles. The lowest BCUT2D eigenvalue weighted by Gasteiger charge is -2.54. The highest BCUT2D eigenvalue weighted by Gasteiger charge is 2.53. The van der Waals surface area contributed by atoms with E-state index in [0.717, 1.165) is 16.0 Å². The summed E-state index contributed by atoms with van der Waals surface area (Å²) in [6.07, 6.45) is -3.97. The van der Waals surface area contributed by atoms with Gasteiger partial charge in [0.05, 0.1) is 0 Å². The largest absolute Gasteiger partial charge is 0.508 e. The molecule has 3 nitrogen and oxygen atoms in total. The number of carbonyl (C=O) groups excluding carboxylic acids is 1. The first kappa shape index (κ1) is 15.2. The molecule has 6 heteroatoms. The minimum absolute atomic E-state index is 0.0955. The Labute approximate surface area is 126 Å². The molecule has 2 bridgehead atoms. The fourth-order valence-electron chi connectivity index (χ4n) is 4.02. The monoisotopic (exact) mass is 313 g/mol. The molecule has 2 aliphatic rings. The summed E-state index contributed by atoms with van der Waals surface area (Å²) in [7, 11) is 0. The van der Waals surface area contributed by atoms with Crippen molar-refractivity contribution in [3.63, 3.8) is 0 Å². The van der Waals surface area contributed by atoms with Gasteiger partial charge in [-0.3, -0.25) is 4.79 Å². The van der Waals surface area contributed by atoms with E-state index in [4.69, 9.17) is 0 Å². The van der Waals surface area contributed by atoms with Gasteiger partial charge in [0.2, 0.25) is 0 Å². The van der Waals surface area contributed by atoms with E-state index in [1.165, 1.54) is 0 Å². The van der Waals surface area contributed by atoms with Gasteiger partial charge in [-0.1, -0.05) is 19.9 Å². The van der Waals surface area contributed by atoms with E-state index >= 15 is 0 Å². The van der Waals surface area contributed by atoms with Crippen LogP contribution >= 0.6 is 0 Å². The third-order valence-corrected chi connectivity index (χ3v) is 5.50. The van der Waals surface area contributed by atoms with Crippen LogP contribution in [0.2, 0.25) is 0 Å². The smallest absolute Gasteiger partial charge is 0.471 e. The molecule has 1 aliphatic heterocycles. The minimum Gasteiger partial charge on any atom is -0.508 e. The Balaban J connectivity index is 2.03. The molecule has 1 aromatic carbocycles. The van der Waals surface area contributed by atoms with Crippen LogP contribution < -0.4 is 0 Å². The summed E-state index contributed by atoms with van der Waals surface area (Å²) in [4.78, 5) is 12.7. The third-order valence-electron chi connectivity index (χ3n) is 5.50. The van der Waals surface area contributed by atoms with Crippen molar-refractivity contribution in [2.45, 2.75) is 44.3 Å². The molecule has 0 spiro atoms. The van der Waals surface area contributed by atoms with Crippen LogP contribution in [-0.2, 0) is 16.6 Å². The van der Waals surface area contributed by atoms with Gasteiger partial charge in [0, 0.05) is 12.6 Å². The van der Waals surface area contributed by atoms with Crippen LogP contribution in [0.5, 0.6) is 5.75 Å². The molecule has 0 saturated carbocycles. The van der Waals surface area contributed by atoms with Crippen LogP contribution in [0, 0.1) is 5.92 Å². The van der Waals surface area contributed by atoms with Gasteiger partial charge in [0.15, 0.2) is 0 Å². The van der Waals surface area contributed by atoms with Crippen molar-refractivity contribution >= 4 is 5.91 Å². The van der Waals surface area contributed by atoms with Gasteiger partial charge in [-0.15, -0.1) is 0 Å². The number of phenols is 1. The second-order valence-corrected chi connectivity index (χ2v) is 6.57. The standard InChI is InChI=1S/C16H18F3NO2/c1-9-13-7-10-3-4-11(21)8-12(10)15(9,2)5-6-20(13)14(22)16(17,18)19/h3-4,8-9,13,21H,5-7H2,1-2H3/t9?,13-,15-/m1/s1. The summed E-state index contributed by atoms with van der Waals surface area (Å²) in [6.45, 7) is 4.00. The number of hydrogen-bond acceptors (Lipinski definition) is 2. The van der Waals surface area contributed by atoms with Crippen molar-refractivity contribution < 1.29 is 23.1 Å². The normalized spacial score (nSPS) is 30.9. The topological polar surface area (TPSA) is 40.5 Å². The summed E-state index contributed by atoms with van der Waals surface area (Å²) in [6, 6.07) is 4.56. The molecule has 1 saturated heterocycles. The van der Waals surface area contributed by atoms with E-state index in [1.807, 2.05) is 13.8 Å². The predicted octanol–water partition coefficient (Wildman–Crippen LogP) is 3.01. The van der Waals surface area contributed by atoms with Crippen molar-refractivity contribution in [2.75, 3.05) is 6.54 Å². The number of nitrogens with zero attached hydrogens (tertiary/aromatic N) is 1. The average Bonchev–Trinajstić information content (AvgIpc) is 2.42. The summed E-state index contributed by atoms with van der Waals surface area (Å²) in [5, 5.41) is 9.72. The Bertz CT molecular complexity index is 628. The minimum atomic E-state index is -4.83. The molecule has 1 amide bonds. The van der Waals surface area contributed by atoms with Crippen LogP contribution in [0.15, 0.2) is 18.2 Å². The highest BCUT2D eigenvalue weighted by molar-refractivity contribution is 5.82. The van der Waals surface area contributed by atoms with Gasteiger partial charge in [-0.2, -0.15) is 13.2 Å². The molecule has 3 atom stereocenters. The lowest BCUT2D eigenvalue weighted by Crippen LogP contribution is -2.61. The second-order valence-electron chi connectivity index (χ2n) is 6.57. The van der Waals surface area contributed by atoms with E-state index < -0.39 is 18.1 Å². The first-order valence-corrected chi connectivity index (χ1v) is 7.35. The number of carbonyl (C=O) groups is 1. The molecule has 0 aromatic heterocycles. The number of aromatic hydroxyl groups is 1. The lowest BCUT2D eigenvalue weighted by atomic mass is 9.59. The number of alkyl halides is 3. The highest BCUT2D eigenvalue weighted by Crippen LogP contribution is 2.49. The Morgan fingerprint density at radius 3 is 2.73 bits per heavy atom. The number of hydrogen-bond donors (Lipinski definition) is 1. The van der Waals surface area contributed by atoms with E-state index in [0.29, 0.717) is 12.8 Å². The number of amides is 1. The Morgan fingerprint density at radius 2 is 2.09 bits per heavy atom. The first-order chi connectivity index (χ1) is 10.1. The molecule has 0 radical (unpaired) electrons. The quantitative estimate of drug-likeness (QED) is 0.800. The number of likely N-dealkylation sites (tertiary alicyclic amines) is 1. The highest BCUT2D eigenvalue weighted by atomic mass is 19.4. The molecule has 3 rings (SSSR count). The molecule has 1 N–H and O–H groups in total. The van der Waals surface area contributed by atoms with Crippen LogP contribution in [0.3, 0.4) is 0 Å². The van der Waals surface area contributed by atoms with Crippen molar-refractivity contribution in [3.05, 3.63) is 29.3 Å². The molecule has 1 fully saturated rings. The van der Waals surface area contributed by atoms with Gasteiger partial charge >= 0.3 is 12.1 Å².